The number of amides is 1. The summed E-state index contributed by atoms with van der Waals surface area (Å²) in [5, 5.41) is 0. The van der Waals surface area contributed by atoms with Crippen molar-refractivity contribution in [1.82, 2.24) is 9.21 Å². The van der Waals surface area contributed by atoms with E-state index in [0.717, 1.165) is 24.8 Å². The third kappa shape index (κ3) is 4.64. The normalized spacial score (nSPS) is 20.8. The fourth-order valence-electron chi connectivity index (χ4n) is 4.70. The number of nitrogens with zero attached hydrogens (tertiary/aromatic N) is 2. The molecule has 32 heavy (non-hydrogen) atoms. The van der Waals surface area contributed by atoms with Gasteiger partial charge in [-0.2, -0.15) is 4.31 Å². The van der Waals surface area contributed by atoms with Gasteiger partial charge in [0.05, 0.1) is 4.90 Å². The van der Waals surface area contributed by atoms with Gasteiger partial charge < -0.3 is 4.90 Å². The summed E-state index contributed by atoms with van der Waals surface area (Å²) in [6.07, 6.45) is 4.08. The summed E-state index contributed by atoms with van der Waals surface area (Å²) in [7, 11) is -3.55. The molecule has 4 rings (SSSR count). The van der Waals surface area contributed by atoms with Gasteiger partial charge in [-0.15, -0.1) is 0 Å². The van der Waals surface area contributed by atoms with Gasteiger partial charge in [-0.05, 0) is 56.9 Å². The lowest BCUT2D eigenvalue weighted by Crippen LogP contribution is -2.42. The minimum atomic E-state index is -3.55. The van der Waals surface area contributed by atoms with Crippen LogP contribution in [-0.2, 0) is 10.0 Å². The van der Waals surface area contributed by atoms with E-state index in [1.54, 1.807) is 21.3 Å². The quantitative estimate of drug-likeness (QED) is 0.641. The molecule has 170 valence electrons. The zero-order valence-electron chi connectivity index (χ0n) is 18.4. The molecule has 0 radical (unpaired) electrons. The average molecular weight is 455 g/mol. The Bertz CT molecular complexity index is 1060. The number of rotatable bonds is 5. The van der Waals surface area contributed by atoms with Gasteiger partial charge >= 0.3 is 0 Å². The lowest BCUT2D eigenvalue weighted by molar-refractivity contribution is 0.0650. The van der Waals surface area contributed by atoms with Crippen LogP contribution in [-0.4, -0.2) is 55.0 Å². The molecule has 7 heteroatoms. The van der Waals surface area contributed by atoms with Crippen molar-refractivity contribution in [3.63, 3.8) is 0 Å². The molecule has 2 saturated heterocycles. The van der Waals surface area contributed by atoms with Crippen molar-refractivity contribution in [2.24, 2.45) is 5.92 Å². The second-order valence-electron chi connectivity index (χ2n) is 8.78. The van der Waals surface area contributed by atoms with E-state index in [1.165, 1.54) is 12.1 Å². The Morgan fingerprint density at radius 2 is 1.47 bits per heavy atom. The van der Waals surface area contributed by atoms with Crippen LogP contribution in [0.3, 0.4) is 0 Å². The molecule has 0 saturated carbocycles. The highest BCUT2D eigenvalue weighted by Gasteiger charge is 2.32. The molecule has 2 heterocycles. The van der Waals surface area contributed by atoms with Gasteiger partial charge in [0.1, 0.15) is 0 Å². The second kappa shape index (κ2) is 9.55. The van der Waals surface area contributed by atoms with E-state index >= 15 is 0 Å². The first-order valence-corrected chi connectivity index (χ1v) is 12.8. The highest BCUT2D eigenvalue weighted by atomic mass is 32.2. The summed E-state index contributed by atoms with van der Waals surface area (Å²) in [5.74, 6) is -0.0504. The molecule has 2 aliphatic rings. The van der Waals surface area contributed by atoms with Gasteiger partial charge in [0.2, 0.25) is 10.0 Å². The number of carbonyl (C=O) groups excluding carboxylic acids is 2. The van der Waals surface area contributed by atoms with Crippen molar-refractivity contribution in [2.75, 3.05) is 19.6 Å². The van der Waals surface area contributed by atoms with E-state index in [-0.39, 0.29) is 28.5 Å². The predicted octanol–water partition coefficient (Wildman–Crippen LogP) is 3.98. The average Bonchev–Trinajstić information content (AvgIpc) is 2.84. The summed E-state index contributed by atoms with van der Waals surface area (Å²) in [6, 6.07) is 15.6. The van der Waals surface area contributed by atoms with Crippen molar-refractivity contribution in [3.8, 4) is 0 Å². The van der Waals surface area contributed by atoms with Gasteiger partial charge in [0, 0.05) is 42.7 Å². The summed E-state index contributed by atoms with van der Waals surface area (Å²) in [6.45, 7) is 3.53. The number of hydrogen-bond acceptors (Lipinski definition) is 4. The lowest BCUT2D eigenvalue weighted by Gasteiger charge is -2.32. The minimum absolute atomic E-state index is 0.00468. The molecule has 6 nitrogen and oxygen atoms in total. The Balaban J connectivity index is 1.39. The van der Waals surface area contributed by atoms with E-state index in [4.69, 9.17) is 0 Å². The number of Topliss-reactive ketones (excluding diaryl/α,β-unsaturated/α-hetero) is 1. The molecule has 1 amide bonds. The van der Waals surface area contributed by atoms with E-state index in [9.17, 15) is 18.0 Å². The minimum Gasteiger partial charge on any atom is -0.339 e. The van der Waals surface area contributed by atoms with Gasteiger partial charge in [-0.3, -0.25) is 9.59 Å². The van der Waals surface area contributed by atoms with Crippen LogP contribution in [0.1, 0.15) is 59.7 Å². The maximum atomic E-state index is 13.0. The number of likely N-dealkylation sites (tertiary alicyclic amines) is 1. The Labute approximate surface area is 190 Å². The van der Waals surface area contributed by atoms with E-state index in [0.29, 0.717) is 38.0 Å². The van der Waals surface area contributed by atoms with Crippen LogP contribution in [0.2, 0.25) is 0 Å². The maximum absolute atomic E-state index is 13.0. The third-order valence-corrected chi connectivity index (χ3v) is 8.69. The summed E-state index contributed by atoms with van der Waals surface area (Å²) < 4.78 is 27.6. The Hall–Kier alpha value is -2.51. The standard InChI is InChI=1S/C25H30N2O4S/c1-19-7-5-6-16-27(19)32(30,31)23-12-10-22(11-13-23)25(29)26-17-14-21(15-18-26)24(28)20-8-3-2-4-9-20/h2-4,8-13,19,21H,5-7,14-18H2,1H3. The maximum Gasteiger partial charge on any atom is 0.253 e. The molecular weight excluding hydrogens is 424 g/mol. The smallest absolute Gasteiger partial charge is 0.253 e. The van der Waals surface area contributed by atoms with Crippen molar-refractivity contribution >= 4 is 21.7 Å². The lowest BCUT2D eigenvalue weighted by atomic mass is 9.88. The van der Waals surface area contributed by atoms with E-state index in [1.807, 2.05) is 37.3 Å². The van der Waals surface area contributed by atoms with Crippen molar-refractivity contribution < 1.29 is 18.0 Å². The van der Waals surface area contributed by atoms with E-state index in [2.05, 4.69) is 0 Å². The van der Waals surface area contributed by atoms with Gasteiger partial charge in [-0.1, -0.05) is 36.8 Å². The highest BCUT2D eigenvalue weighted by Crippen LogP contribution is 2.26. The third-order valence-electron chi connectivity index (χ3n) is 6.66. The Kier molecular flexibility index (Phi) is 6.76. The first kappa shape index (κ1) is 22.7. The molecule has 0 aliphatic carbocycles. The van der Waals surface area contributed by atoms with E-state index < -0.39 is 10.0 Å². The van der Waals surface area contributed by atoms with Crippen molar-refractivity contribution in [1.29, 1.82) is 0 Å². The number of hydrogen-bond donors (Lipinski definition) is 0. The topological polar surface area (TPSA) is 74.8 Å². The SMILES string of the molecule is CC1CCCCN1S(=O)(=O)c1ccc(C(=O)N2CCC(C(=O)c3ccccc3)CC2)cc1. The molecule has 0 spiro atoms. The molecule has 2 aromatic carbocycles. The highest BCUT2D eigenvalue weighted by molar-refractivity contribution is 7.89. The van der Waals surface area contributed by atoms with Crippen molar-refractivity contribution in [3.05, 3.63) is 65.7 Å². The van der Waals surface area contributed by atoms with Crippen LogP contribution in [0.15, 0.2) is 59.5 Å². The Morgan fingerprint density at radius 1 is 0.812 bits per heavy atom. The predicted molar refractivity (Wildman–Crippen MR) is 123 cm³/mol. The molecule has 1 atom stereocenters. The number of piperidine rings is 2. The first-order chi connectivity index (χ1) is 15.4. The summed E-state index contributed by atoms with van der Waals surface area (Å²) >= 11 is 0. The molecule has 0 bridgehead atoms. The van der Waals surface area contributed by atoms with Crippen molar-refractivity contribution in [2.45, 2.75) is 50.0 Å². The van der Waals surface area contributed by atoms with Gasteiger partial charge in [-0.25, -0.2) is 8.42 Å². The fourth-order valence-corrected chi connectivity index (χ4v) is 6.40. The van der Waals surface area contributed by atoms with Crippen LogP contribution in [0, 0.1) is 5.92 Å². The number of ketones is 1. The van der Waals surface area contributed by atoms with Crippen LogP contribution < -0.4 is 0 Å². The zero-order chi connectivity index (χ0) is 22.7. The van der Waals surface area contributed by atoms with Gasteiger partial charge in [0.15, 0.2) is 5.78 Å². The fraction of sp³-hybridized carbons (Fsp3) is 0.440. The summed E-state index contributed by atoms with van der Waals surface area (Å²) in [5.41, 5.74) is 1.19. The second-order valence-corrected chi connectivity index (χ2v) is 10.7. The molecule has 0 aromatic heterocycles. The number of sulfonamides is 1. The molecule has 2 aromatic rings. The molecule has 2 aliphatic heterocycles. The van der Waals surface area contributed by atoms with Gasteiger partial charge in [0.25, 0.3) is 5.91 Å². The van der Waals surface area contributed by atoms with Crippen LogP contribution in [0.4, 0.5) is 0 Å². The molecule has 0 N–H and O–H groups in total. The zero-order valence-corrected chi connectivity index (χ0v) is 19.3. The van der Waals surface area contributed by atoms with Crippen LogP contribution >= 0.6 is 0 Å². The monoisotopic (exact) mass is 454 g/mol. The first-order valence-electron chi connectivity index (χ1n) is 11.4. The largest absolute Gasteiger partial charge is 0.339 e. The molecule has 2 fully saturated rings. The molecule has 1 unspecified atom stereocenters. The number of carbonyl (C=O) groups is 2. The number of benzene rings is 2. The molecular formula is C25H30N2O4S. The Morgan fingerprint density at radius 3 is 2.09 bits per heavy atom. The summed E-state index contributed by atoms with van der Waals surface area (Å²) in [4.78, 5) is 27.6. The van der Waals surface area contributed by atoms with Crippen LogP contribution in [0.25, 0.3) is 0 Å². The van der Waals surface area contributed by atoms with Crippen LogP contribution in [0.5, 0.6) is 0 Å².